The van der Waals surface area contributed by atoms with Gasteiger partial charge >= 0.3 is 0 Å². The van der Waals surface area contributed by atoms with E-state index in [1.54, 1.807) is 0 Å². The number of benzene rings is 1. The molecule has 1 aromatic rings. The van der Waals surface area contributed by atoms with E-state index in [4.69, 9.17) is 0 Å². The summed E-state index contributed by atoms with van der Waals surface area (Å²) in [5, 5.41) is 0. The molecule has 0 amide bonds. The third-order valence-corrected chi connectivity index (χ3v) is 2.27. The molecule has 0 spiro atoms. The van der Waals surface area contributed by atoms with Gasteiger partial charge in [0, 0.05) is 5.92 Å². The molecule has 1 unspecified atom stereocenters. The normalized spacial score (nSPS) is 12.5. The van der Waals surface area contributed by atoms with Crippen LogP contribution < -0.4 is 0 Å². The van der Waals surface area contributed by atoms with Gasteiger partial charge in [0.2, 0.25) is 0 Å². The molecule has 13 heavy (non-hydrogen) atoms. The maximum Gasteiger partial charge on any atom is 0.123 e. The van der Waals surface area contributed by atoms with Crippen molar-refractivity contribution < 1.29 is 4.79 Å². The summed E-state index contributed by atoms with van der Waals surface area (Å²) < 4.78 is 0. The minimum atomic E-state index is 0.132. The third kappa shape index (κ3) is 2.69. The molecular formula is C12H16O. The van der Waals surface area contributed by atoms with Crippen LogP contribution in [0.2, 0.25) is 0 Å². The molecule has 1 rings (SSSR count). The van der Waals surface area contributed by atoms with Gasteiger partial charge in [0.15, 0.2) is 0 Å². The van der Waals surface area contributed by atoms with E-state index in [2.05, 4.69) is 19.1 Å². The Labute approximate surface area is 79.8 Å². The Kier molecular flexibility index (Phi) is 3.69. The molecular weight excluding hydrogens is 160 g/mol. The van der Waals surface area contributed by atoms with Gasteiger partial charge in [-0.3, -0.25) is 0 Å². The van der Waals surface area contributed by atoms with Crippen molar-refractivity contribution in [2.24, 2.45) is 5.92 Å². The van der Waals surface area contributed by atoms with Gasteiger partial charge in [-0.15, -0.1) is 0 Å². The molecule has 0 bridgehead atoms. The first-order chi connectivity index (χ1) is 6.27. The standard InChI is InChI=1S/C12H16O/c1-3-11-6-4-5-7-12(11)8-10(2)9-13/h4-7,9-10H,3,8H2,1-2H3. The van der Waals surface area contributed by atoms with Gasteiger partial charge in [0.25, 0.3) is 0 Å². The highest BCUT2D eigenvalue weighted by Gasteiger charge is 2.04. The lowest BCUT2D eigenvalue weighted by Gasteiger charge is -2.08. The van der Waals surface area contributed by atoms with Crippen LogP contribution in [0.15, 0.2) is 24.3 Å². The number of carbonyl (C=O) groups is 1. The van der Waals surface area contributed by atoms with Gasteiger partial charge in [0.1, 0.15) is 6.29 Å². The minimum Gasteiger partial charge on any atom is -0.303 e. The molecule has 1 aromatic carbocycles. The van der Waals surface area contributed by atoms with E-state index >= 15 is 0 Å². The van der Waals surface area contributed by atoms with Crippen LogP contribution in [-0.2, 0) is 17.6 Å². The number of aryl methyl sites for hydroxylation is 1. The van der Waals surface area contributed by atoms with Crippen molar-refractivity contribution in [3.05, 3.63) is 35.4 Å². The van der Waals surface area contributed by atoms with Crippen molar-refractivity contribution in [2.45, 2.75) is 26.7 Å². The Morgan fingerprint density at radius 2 is 1.92 bits per heavy atom. The first-order valence-electron chi connectivity index (χ1n) is 4.80. The molecule has 0 aliphatic rings. The van der Waals surface area contributed by atoms with Crippen LogP contribution in [-0.4, -0.2) is 6.29 Å². The van der Waals surface area contributed by atoms with Crippen LogP contribution in [0.3, 0.4) is 0 Å². The zero-order valence-electron chi connectivity index (χ0n) is 8.29. The van der Waals surface area contributed by atoms with Crippen LogP contribution in [0.25, 0.3) is 0 Å². The second-order valence-electron chi connectivity index (χ2n) is 3.44. The topological polar surface area (TPSA) is 17.1 Å². The molecule has 0 N–H and O–H groups in total. The fourth-order valence-corrected chi connectivity index (χ4v) is 1.50. The summed E-state index contributed by atoms with van der Waals surface area (Å²) in [4.78, 5) is 10.5. The van der Waals surface area contributed by atoms with E-state index in [0.717, 1.165) is 19.1 Å². The minimum absolute atomic E-state index is 0.132. The van der Waals surface area contributed by atoms with E-state index in [1.807, 2.05) is 19.1 Å². The van der Waals surface area contributed by atoms with Crippen LogP contribution in [0, 0.1) is 5.92 Å². The van der Waals surface area contributed by atoms with Crippen LogP contribution in [0.5, 0.6) is 0 Å². The summed E-state index contributed by atoms with van der Waals surface area (Å²) >= 11 is 0. The number of aldehydes is 1. The molecule has 0 aliphatic carbocycles. The molecule has 0 aliphatic heterocycles. The maximum absolute atomic E-state index is 10.5. The van der Waals surface area contributed by atoms with Crippen molar-refractivity contribution in [2.75, 3.05) is 0 Å². The molecule has 70 valence electrons. The second-order valence-corrected chi connectivity index (χ2v) is 3.44. The summed E-state index contributed by atoms with van der Waals surface area (Å²) in [7, 11) is 0. The Balaban J connectivity index is 2.80. The average molecular weight is 176 g/mol. The van der Waals surface area contributed by atoms with Crippen LogP contribution >= 0.6 is 0 Å². The Hall–Kier alpha value is -1.11. The van der Waals surface area contributed by atoms with E-state index in [1.165, 1.54) is 11.1 Å². The quantitative estimate of drug-likeness (QED) is 0.644. The first kappa shape index (κ1) is 9.97. The molecule has 0 radical (unpaired) electrons. The Morgan fingerprint density at radius 1 is 1.31 bits per heavy atom. The fraction of sp³-hybridized carbons (Fsp3) is 0.417. The number of hydrogen-bond donors (Lipinski definition) is 0. The summed E-state index contributed by atoms with van der Waals surface area (Å²) in [5.41, 5.74) is 2.67. The average Bonchev–Trinajstić information content (AvgIpc) is 2.18. The molecule has 0 fully saturated rings. The van der Waals surface area contributed by atoms with Crippen LogP contribution in [0.4, 0.5) is 0 Å². The predicted molar refractivity (Wildman–Crippen MR) is 54.8 cm³/mol. The van der Waals surface area contributed by atoms with Gasteiger partial charge in [-0.2, -0.15) is 0 Å². The molecule has 0 saturated carbocycles. The number of rotatable bonds is 4. The molecule has 1 heteroatoms. The molecule has 0 saturated heterocycles. The Morgan fingerprint density at radius 3 is 2.46 bits per heavy atom. The number of carbonyl (C=O) groups excluding carboxylic acids is 1. The second kappa shape index (κ2) is 4.80. The zero-order valence-corrected chi connectivity index (χ0v) is 8.29. The van der Waals surface area contributed by atoms with Crippen molar-refractivity contribution in [3.63, 3.8) is 0 Å². The lowest BCUT2D eigenvalue weighted by Crippen LogP contribution is -2.03. The van der Waals surface area contributed by atoms with E-state index in [9.17, 15) is 4.79 Å². The highest BCUT2D eigenvalue weighted by molar-refractivity contribution is 5.53. The SMILES string of the molecule is CCc1ccccc1CC(C)C=O. The van der Waals surface area contributed by atoms with Crippen molar-refractivity contribution in [3.8, 4) is 0 Å². The summed E-state index contributed by atoms with van der Waals surface area (Å²) in [6.45, 7) is 4.10. The van der Waals surface area contributed by atoms with Gasteiger partial charge in [-0.1, -0.05) is 38.1 Å². The molecule has 1 atom stereocenters. The molecule has 0 heterocycles. The highest BCUT2D eigenvalue weighted by Crippen LogP contribution is 2.13. The van der Waals surface area contributed by atoms with Crippen molar-refractivity contribution in [1.82, 2.24) is 0 Å². The van der Waals surface area contributed by atoms with Crippen molar-refractivity contribution >= 4 is 6.29 Å². The molecule has 1 nitrogen and oxygen atoms in total. The van der Waals surface area contributed by atoms with E-state index in [-0.39, 0.29) is 5.92 Å². The van der Waals surface area contributed by atoms with Gasteiger partial charge < -0.3 is 4.79 Å². The lowest BCUT2D eigenvalue weighted by molar-refractivity contribution is -0.110. The van der Waals surface area contributed by atoms with E-state index in [0.29, 0.717) is 0 Å². The first-order valence-corrected chi connectivity index (χ1v) is 4.80. The third-order valence-electron chi connectivity index (χ3n) is 2.27. The lowest BCUT2D eigenvalue weighted by atomic mass is 9.96. The predicted octanol–water partition coefficient (Wildman–Crippen LogP) is 2.63. The molecule has 0 aromatic heterocycles. The summed E-state index contributed by atoms with van der Waals surface area (Å²) in [6, 6.07) is 8.33. The fourth-order valence-electron chi connectivity index (χ4n) is 1.50. The largest absolute Gasteiger partial charge is 0.303 e. The maximum atomic E-state index is 10.5. The van der Waals surface area contributed by atoms with E-state index < -0.39 is 0 Å². The number of hydrogen-bond acceptors (Lipinski definition) is 1. The zero-order chi connectivity index (χ0) is 9.68. The summed E-state index contributed by atoms with van der Waals surface area (Å²) in [5.74, 6) is 0.132. The van der Waals surface area contributed by atoms with Crippen molar-refractivity contribution in [1.29, 1.82) is 0 Å². The summed E-state index contributed by atoms with van der Waals surface area (Å²) in [6.07, 6.45) is 2.93. The van der Waals surface area contributed by atoms with Gasteiger partial charge in [-0.05, 0) is 24.0 Å². The van der Waals surface area contributed by atoms with Gasteiger partial charge in [0.05, 0.1) is 0 Å². The smallest absolute Gasteiger partial charge is 0.123 e. The highest BCUT2D eigenvalue weighted by atomic mass is 16.1. The Bertz CT molecular complexity index is 278. The monoisotopic (exact) mass is 176 g/mol. The van der Waals surface area contributed by atoms with Gasteiger partial charge in [-0.25, -0.2) is 0 Å². The van der Waals surface area contributed by atoms with Crippen LogP contribution in [0.1, 0.15) is 25.0 Å².